The van der Waals surface area contributed by atoms with Crippen LogP contribution >= 0.6 is 0 Å². The first kappa shape index (κ1) is 27.0. The summed E-state index contributed by atoms with van der Waals surface area (Å²) in [4.78, 5) is 43.5. The minimum atomic E-state index is -2.62. The van der Waals surface area contributed by atoms with Crippen LogP contribution in [-0.4, -0.2) is 86.5 Å². The lowest BCUT2D eigenvalue weighted by molar-refractivity contribution is -0.148. The van der Waals surface area contributed by atoms with Crippen LogP contribution in [0.3, 0.4) is 0 Å². The largest absolute Gasteiger partial charge is 0.510 e. The summed E-state index contributed by atoms with van der Waals surface area (Å²) < 4.78 is 0. The molecule has 2 fully saturated rings. The van der Waals surface area contributed by atoms with Crippen molar-refractivity contribution in [2.75, 3.05) is 27.2 Å². The second kappa shape index (κ2) is 9.43. The van der Waals surface area contributed by atoms with Gasteiger partial charge in [-0.15, -0.1) is 0 Å². The highest BCUT2D eigenvalue weighted by Gasteiger charge is 2.63. The summed E-state index contributed by atoms with van der Waals surface area (Å²) in [6.45, 7) is 2.66. The number of fused-ring (bicyclic) bond motifs is 3. The van der Waals surface area contributed by atoms with Gasteiger partial charge in [-0.1, -0.05) is 6.07 Å². The molecule has 0 aliphatic heterocycles. The summed E-state index contributed by atoms with van der Waals surface area (Å²) in [6.07, 6.45) is 5.35. The molecule has 0 unspecified atom stereocenters. The number of carbonyl (C=O) groups is 3. The molecule has 10 nitrogen and oxygen atoms in total. The average molecular weight is 552 g/mol. The fourth-order valence-electron chi connectivity index (χ4n) is 7.24. The summed E-state index contributed by atoms with van der Waals surface area (Å²) in [6, 6.07) is 2.36. The van der Waals surface area contributed by atoms with Gasteiger partial charge in [0, 0.05) is 31.1 Å². The van der Waals surface area contributed by atoms with E-state index in [1.54, 1.807) is 19.0 Å². The van der Waals surface area contributed by atoms with Crippen molar-refractivity contribution in [3.05, 3.63) is 51.5 Å². The van der Waals surface area contributed by atoms with Crippen molar-refractivity contribution < 1.29 is 34.8 Å². The normalized spacial score (nSPS) is 30.1. The molecule has 5 aliphatic rings. The second-order valence-electron chi connectivity index (χ2n) is 12.6. The number of likely N-dealkylation sites (N-methyl/N-ethyl adjacent to an activating group) is 1. The molecule has 1 amide bonds. The summed E-state index contributed by atoms with van der Waals surface area (Å²) in [5.41, 5.74) is 3.59. The Hall–Kier alpha value is -3.21. The number of benzene rings is 1. The Morgan fingerprint density at radius 2 is 1.68 bits per heavy atom. The van der Waals surface area contributed by atoms with Crippen LogP contribution in [0.4, 0.5) is 0 Å². The zero-order chi connectivity index (χ0) is 28.7. The molecular weight excluding hydrogens is 514 g/mol. The van der Waals surface area contributed by atoms with E-state index in [1.807, 2.05) is 6.07 Å². The Kier molecular flexibility index (Phi) is 6.36. The van der Waals surface area contributed by atoms with Crippen LogP contribution in [0.15, 0.2) is 34.8 Å². The first-order chi connectivity index (χ1) is 18.9. The number of nitrogens with two attached hydrogens (primary N) is 1. The zero-order valence-corrected chi connectivity index (χ0v) is 22.9. The van der Waals surface area contributed by atoms with Crippen LogP contribution < -0.4 is 5.73 Å². The smallest absolute Gasteiger partial charge is 0.255 e. The minimum Gasteiger partial charge on any atom is -0.510 e. The van der Waals surface area contributed by atoms with Crippen LogP contribution in [0.5, 0.6) is 5.75 Å². The van der Waals surface area contributed by atoms with Gasteiger partial charge in [-0.3, -0.25) is 24.2 Å². The lowest BCUT2D eigenvalue weighted by Gasteiger charge is -2.50. The molecule has 6 rings (SSSR count). The number of phenols is 1. The van der Waals surface area contributed by atoms with Crippen LogP contribution in [-0.2, 0) is 22.6 Å². The van der Waals surface area contributed by atoms with Crippen molar-refractivity contribution >= 4 is 17.5 Å². The Labute approximate surface area is 232 Å². The van der Waals surface area contributed by atoms with E-state index in [0.29, 0.717) is 24.8 Å². The van der Waals surface area contributed by atoms with Crippen LogP contribution in [0.1, 0.15) is 53.6 Å². The van der Waals surface area contributed by atoms with E-state index in [4.69, 9.17) is 5.73 Å². The van der Waals surface area contributed by atoms with E-state index in [2.05, 4.69) is 4.90 Å². The zero-order valence-electron chi connectivity index (χ0n) is 22.9. The van der Waals surface area contributed by atoms with E-state index in [1.165, 1.54) is 31.7 Å². The molecule has 2 saturated carbocycles. The van der Waals surface area contributed by atoms with Gasteiger partial charge in [-0.2, -0.15) is 0 Å². The number of rotatable bonds is 8. The SMILES string of the molecule is CN(C)[C@H]1C(O)=C(C(N)=O)C(=O)[C@@]2(O)C(O)=C3C(=O)c4c(O)ccc(CN(CC5CC5)CC5CC5)c4C[C@H]3C[C@@H]12. The van der Waals surface area contributed by atoms with Gasteiger partial charge in [-0.05, 0) is 87.6 Å². The third-order valence-electron chi connectivity index (χ3n) is 9.52. The molecular formula is C30H37N3O7. The van der Waals surface area contributed by atoms with Gasteiger partial charge >= 0.3 is 0 Å². The van der Waals surface area contributed by atoms with Gasteiger partial charge in [0.2, 0.25) is 5.78 Å². The molecule has 0 heterocycles. The fourth-order valence-corrected chi connectivity index (χ4v) is 7.24. The lowest BCUT2D eigenvalue weighted by atomic mass is 9.58. The molecule has 0 radical (unpaired) electrons. The van der Waals surface area contributed by atoms with Gasteiger partial charge in [0.15, 0.2) is 11.4 Å². The minimum absolute atomic E-state index is 0.0797. The van der Waals surface area contributed by atoms with Crippen LogP contribution in [0.25, 0.3) is 0 Å². The van der Waals surface area contributed by atoms with Crippen molar-refractivity contribution in [3.63, 3.8) is 0 Å². The highest BCUT2D eigenvalue weighted by Crippen LogP contribution is 2.52. The molecule has 1 aromatic rings. The number of hydrogen-bond acceptors (Lipinski definition) is 9. The highest BCUT2D eigenvalue weighted by molar-refractivity contribution is 6.24. The van der Waals surface area contributed by atoms with Crippen molar-refractivity contribution in [1.29, 1.82) is 0 Å². The summed E-state index contributed by atoms with van der Waals surface area (Å²) >= 11 is 0. The van der Waals surface area contributed by atoms with Crippen LogP contribution in [0, 0.1) is 23.7 Å². The van der Waals surface area contributed by atoms with Crippen LogP contribution in [0.2, 0.25) is 0 Å². The molecule has 10 heteroatoms. The number of aromatic hydroxyl groups is 1. The van der Waals surface area contributed by atoms with Crippen molar-refractivity contribution in [2.45, 2.75) is 56.7 Å². The summed E-state index contributed by atoms with van der Waals surface area (Å²) in [7, 11) is 3.25. The second-order valence-corrected chi connectivity index (χ2v) is 12.6. The fraction of sp³-hybridized carbons (Fsp3) is 0.567. The maximum atomic E-state index is 13.9. The maximum Gasteiger partial charge on any atom is 0.255 e. The molecule has 4 atom stereocenters. The number of carbonyl (C=O) groups excluding carboxylic acids is 3. The number of Topliss-reactive ketones (excluding diaryl/α,β-unsaturated/α-hetero) is 2. The number of amides is 1. The number of allylic oxidation sites excluding steroid dienone is 1. The highest BCUT2D eigenvalue weighted by atomic mass is 16.3. The van der Waals surface area contributed by atoms with E-state index in [9.17, 15) is 34.8 Å². The number of aliphatic hydroxyl groups excluding tert-OH is 2. The number of ketones is 2. The lowest BCUT2D eigenvalue weighted by Crippen LogP contribution is -2.63. The average Bonchev–Trinajstić information content (AvgIpc) is 3.80. The number of nitrogens with zero attached hydrogens (tertiary/aromatic N) is 2. The van der Waals surface area contributed by atoms with Crippen molar-refractivity contribution in [1.82, 2.24) is 9.80 Å². The van der Waals surface area contributed by atoms with E-state index >= 15 is 0 Å². The Bertz CT molecular complexity index is 1360. The molecule has 0 bridgehead atoms. The molecule has 40 heavy (non-hydrogen) atoms. The van der Waals surface area contributed by atoms with Gasteiger partial charge in [0.1, 0.15) is 22.8 Å². The van der Waals surface area contributed by atoms with E-state index in [0.717, 1.165) is 24.2 Å². The quantitative estimate of drug-likeness (QED) is 0.303. The van der Waals surface area contributed by atoms with Gasteiger partial charge < -0.3 is 26.2 Å². The Morgan fingerprint density at radius 3 is 2.23 bits per heavy atom. The summed E-state index contributed by atoms with van der Waals surface area (Å²) in [5.74, 6) is -4.90. The predicted octanol–water partition coefficient (Wildman–Crippen LogP) is 1.74. The molecule has 214 valence electrons. The first-order valence-electron chi connectivity index (χ1n) is 14.1. The number of hydrogen-bond donors (Lipinski definition) is 5. The monoisotopic (exact) mass is 551 g/mol. The Morgan fingerprint density at radius 1 is 1.05 bits per heavy atom. The molecule has 0 spiro atoms. The molecule has 6 N–H and O–H groups in total. The topological polar surface area (TPSA) is 165 Å². The number of primary amides is 1. The molecule has 0 saturated heterocycles. The van der Waals surface area contributed by atoms with Crippen molar-refractivity contribution in [3.8, 4) is 5.75 Å². The third kappa shape index (κ3) is 4.15. The molecule has 5 aliphatic carbocycles. The predicted molar refractivity (Wildman–Crippen MR) is 144 cm³/mol. The van der Waals surface area contributed by atoms with E-state index < -0.39 is 58.0 Å². The van der Waals surface area contributed by atoms with Gasteiger partial charge in [0.05, 0.1) is 11.6 Å². The number of aliphatic hydroxyl groups is 3. The Balaban J connectivity index is 1.42. The van der Waals surface area contributed by atoms with Gasteiger partial charge in [0.25, 0.3) is 5.91 Å². The summed E-state index contributed by atoms with van der Waals surface area (Å²) in [5, 5.41) is 44.9. The molecule has 0 aromatic heterocycles. The number of phenolic OH excluding ortho intramolecular Hbond substituents is 1. The standard InChI is InChI=1S/C30H37N3O7/c1-32(2)24-19-10-17-9-18-16(13-33(11-14-3-4-14)12-15-5-6-15)7-8-20(34)22(18)25(35)21(17)27(37)30(19,40)28(38)23(26(24)36)29(31)39/h7-8,14-15,17,19,24,34,36-37,40H,3-6,9-13H2,1-2H3,(H2,31,39)/t17-,19-,24+,30-/m0/s1. The molecule has 1 aromatic carbocycles. The van der Waals surface area contributed by atoms with Crippen molar-refractivity contribution in [2.24, 2.45) is 29.4 Å². The van der Waals surface area contributed by atoms with Gasteiger partial charge in [-0.25, -0.2) is 0 Å². The first-order valence-corrected chi connectivity index (χ1v) is 14.1. The van der Waals surface area contributed by atoms with E-state index in [-0.39, 0.29) is 23.3 Å². The maximum absolute atomic E-state index is 13.9. The third-order valence-corrected chi connectivity index (χ3v) is 9.52.